The van der Waals surface area contributed by atoms with Crippen molar-refractivity contribution in [2.24, 2.45) is 0 Å². The smallest absolute Gasteiger partial charge is 0.416 e. The second-order valence-corrected chi connectivity index (χ2v) is 8.89. The van der Waals surface area contributed by atoms with E-state index in [1.165, 1.54) is 18.3 Å². The summed E-state index contributed by atoms with van der Waals surface area (Å²) in [5, 5.41) is 2.65. The van der Waals surface area contributed by atoms with E-state index in [1.807, 2.05) is 19.9 Å². The Labute approximate surface area is 218 Å². The summed E-state index contributed by atoms with van der Waals surface area (Å²) in [6.45, 7) is 6.56. The number of hydrogen-bond donors (Lipinski definition) is 1. The van der Waals surface area contributed by atoms with Gasteiger partial charge in [-0.15, -0.1) is 0 Å². The van der Waals surface area contributed by atoms with Gasteiger partial charge in [-0.3, -0.25) is 9.78 Å². The van der Waals surface area contributed by atoms with Gasteiger partial charge in [-0.05, 0) is 44.2 Å². The lowest BCUT2D eigenvalue weighted by molar-refractivity contribution is -0.137. The van der Waals surface area contributed by atoms with Crippen molar-refractivity contribution in [2.45, 2.75) is 26.1 Å². The van der Waals surface area contributed by atoms with Crippen LogP contribution in [0.3, 0.4) is 0 Å². The predicted molar refractivity (Wildman–Crippen MR) is 137 cm³/mol. The zero-order valence-corrected chi connectivity index (χ0v) is 21.3. The molecule has 1 N–H and O–H groups in total. The highest BCUT2D eigenvalue weighted by molar-refractivity contribution is 6.04. The molecule has 1 aliphatic heterocycles. The van der Waals surface area contributed by atoms with E-state index in [-0.39, 0.29) is 11.7 Å². The largest absolute Gasteiger partial charge is 0.473 e. The predicted octanol–water partition coefficient (Wildman–Crippen LogP) is 4.97. The Kier molecular flexibility index (Phi) is 8.48. The molecule has 38 heavy (non-hydrogen) atoms. The summed E-state index contributed by atoms with van der Waals surface area (Å²) < 4.78 is 55.9. The number of morpholine rings is 1. The van der Waals surface area contributed by atoms with Gasteiger partial charge in [0.15, 0.2) is 0 Å². The normalized spacial score (nSPS) is 14.7. The van der Waals surface area contributed by atoms with Crippen molar-refractivity contribution < 1.29 is 32.2 Å². The zero-order chi connectivity index (χ0) is 27.3. The first kappa shape index (κ1) is 27.3. The van der Waals surface area contributed by atoms with E-state index in [4.69, 9.17) is 14.2 Å². The molecule has 2 aromatic heterocycles. The van der Waals surface area contributed by atoms with E-state index >= 15 is 0 Å². The van der Waals surface area contributed by atoms with Crippen LogP contribution < -0.4 is 15.0 Å². The van der Waals surface area contributed by atoms with Gasteiger partial charge in [-0.1, -0.05) is 6.07 Å². The number of anilines is 2. The number of amides is 1. The minimum Gasteiger partial charge on any atom is -0.473 e. The Morgan fingerprint density at radius 3 is 2.63 bits per heavy atom. The molecular weight excluding hydrogens is 501 g/mol. The van der Waals surface area contributed by atoms with Gasteiger partial charge in [0, 0.05) is 48.8 Å². The summed E-state index contributed by atoms with van der Waals surface area (Å²) in [7, 11) is 1.61. The molecule has 3 aromatic rings. The van der Waals surface area contributed by atoms with Crippen LogP contribution in [0.1, 0.15) is 28.5 Å². The molecule has 1 unspecified atom stereocenters. The Hall–Kier alpha value is -3.70. The SMILES string of the molecule is COC(C)COc1ncc(-c2cc(NC(=O)c3cccc(C(F)(F)F)c3)cnc2C)cc1N1CCOCC1. The molecule has 202 valence electrons. The number of benzene rings is 1. The Bertz CT molecular complexity index is 1280. The fourth-order valence-electron chi connectivity index (χ4n) is 3.93. The van der Waals surface area contributed by atoms with E-state index in [2.05, 4.69) is 20.2 Å². The van der Waals surface area contributed by atoms with E-state index in [0.29, 0.717) is 55.7 Å². The fourth-order valence-corrected chi connectivity index (χ4v) is 3.93. The van der Waals surface area contributed by atoms with Crippen LogP contribution in [0.5, 0.6) is 5.88 Å². The van der Waals surface area contributed by atoms with Crippen LogP contribution in [0, 0.1) is 6.92 Å². The summed E-state index contributed by atoms with van der Waals surface area (Å²) in [5.41, 5.74) is 2.30. The second-order valence-electron chi connectivity index (χ2n) is 8.89. The van der Waals surface area contributed by atoms with Gasteiger partial charge in [0.1, 0.15) is 12.3 Å². The summed E-state index contributed by atoms with van der Waals surface area (Å²) in [6.07, 6.45) is -1.53. The molecule has 3 heterocycles. The Balaban J connectivity index is 1.62. The standard InChI is InChI=1S/C27H29F3N4O4/c1-17(36-3)16-38-26-24(34-7-9-37-10-8-34)12-20(14-32-26)23-13-22(15-31-18(23)2)33-25(35)19-5-4-6-21(11-19)27(28,29)30/h4-6,11-15,17H,7-10,16H2,1-3H3,(H,33,35). The Morgan fingerprint density at radius 2 is 1.92 bits per heavy atom. The van der Waals surface area contributed by atoms with Gasteiger partial charge in [0.2, 0.25) is 5.88 Å². The number of pyridine rings is 2. The number of alkyl halides is 3. The van der Waals surface area contributed by atoms with E-state index < -0.39 is 17.6 Å². The lowest BCUT2D eigenvalue weighted by Gasteiger charge is -2.30. The molecule has 8 nitrogen and oxygen atoms in total. The number of carbonyl (C=O) groups is 1. The summed E-state index contributed by atoms with van der Waals surface area (Å²) in [6, 6.07) is 7.94. The quantitative estimate of drug-likeness (QED) is 0.440. The van der Waals surface area contributed by atoms with Crippen LogP contribution in [-0.4, -0.2) is 62.0 Å². The third-order valence-electron chi connectivity index (χ3n) is 6.15. The lowest BCUT2D eigenvalue weighted by atomic mass is 10.0. The van der Waals surface area contributed by atoms with Crippen molar-refractivity contribution >= 4 is 17.3 Å². The minimum atomic E-state index is -4.54. The molecular formula is C27H29F3N4O4. The van der Waals surface area contributed by atoms with Gasteiger partial charge in [0.25, 0.3) is 5.91 Å². The molecule has 4 rings (SSSR count). The number of carbonyl (C=O) groups excluding carboxylic acids is 1. The molecule has 1 aromatic carbocycles. The zero-order valence-electron chi connectivity index (χ0n) is 21.3. The maximum Gasteiger partial charge on any atom is 0.416 e. The van der Waals surface area contributed by atoms with Crippen LogP contribution >= 0.6 is 0 Å². The molecule has 1 saturated heterocycles. The molecule has 1 atom stereocenters. The lowest BCUT2D eigenvalue weighted by Crippen LogP contribution is -2.36. The van der Waals surface area contributed by atoms with Gasteiger partial charge in [-0.25, -0.2) is 4.98 Å². The molecule has 1 aliphatic rings. The van der Waals surface area contributed by atoms with Crippen LogP contribution in [0.4, 0.5) is 24.5 Å². The minimum absolute atomic E-state index is 0.106. The van der Waals surface area contributed by atoms with E-state index in [1.54, 1.807) is 19.4 Å². The average molecular weight is 531 g/mol. The summed E-state index contributed by atoms with van der Waals surface area (Å²) in [5.74, 6) is -0.199. The van der Waals surface area contributed by atoms with Crippen molar-refractivity contribution in [3.63, 3.8) is 0 Å². The number of aryl methyl sites for hydroxylation is 1. The molecule has 0 aliphatic carbocycles. The van der Waals surface area contributed by atoms with Crippen LogP contribution in [0.25, 0.3) is 11.1 Å². The molecule has 0 saturated carbocycles. The third kappa shape index (κ3) is 6.59. The monoisotopic (exact) mass is 530 g/mol. The third-order valence-corrected chi connectivity index (χ3v) is 6.15. The number of halogens is 3. The number of nitrogens with zero attached hydrogens (tertiary/aromatic N) is 3. The number of aromatic nitrogens is 2. The first-order chi connectivity index (χ1) is 18.2. The molecule has 0 radical (unpaired) electrons. The van der Waals surface area contributed by atoms with Gasteiger partial charge >= 0.3 is 6.18 Å². The molecule has 1 amide bonds. The number of methoxy groups -OCH3 is 1. The van der Waals surface area contributed by atoms with Crippen LogP contribution in [0.15, 0.2) is 48.8 Å². The van der Waals surface area contributed by atoms with Crippen molar-refractivity contribution in [2.75, 3.05) is 50.2 Å². The highest BCUT2D eigenvalue weighted by Gasteiger charge is 2.31. The maximum atomic E-state index is 13.1. The molecule has 1 fully saturated rings. The first-order valence-corrected chi connectivity index (χ1v) is 12.1. The number of nitrogens with one attached hydrogen (secondary N) is 1. The second kappa shape index (κ2) is 11.8. The van der Waals surface area contributed by atoms with E-state index in [0.717, 1.165) is 23.4 Å². The first-order valence-electron chi connectivity index (χ1n) is 12.1. The van der Waals surface area contributed by atoms with E-state index in [9.17, 15) is 18.0 Å². The maximum absolute atomic E-state index is 13.1. The average Bonchev–Trinajstić information content (AvgIpc) is 2.92. The van der Waals surface area contributed by atoms with Gasteiger partial charge in [0.05, 0.1) is 36.8 Å². The fraction of sp³-hybridized carbons (Fsp3) is 0.370. The van der Waals surface area contributed by atoms with Crippen molar-refractivity contribution in [1.82, 2.24) is 9.97 Å². The Morgan fingerprint density at radius 1 is 1.16 bits per heavy atom. The van der Waals surface area contributed by atoms with Gasteiger partial charge < -0.3 is 24.4 Å². The number of hydrogen-bond acceptors (Lipinski definition) is 7. The summed E-state index contributed by atoms with van der Waals surface area (Å²) in [4.78, 5) is 23.8. The molecule has 0 bridgehead atoms. The topological polar surface area (TPSA) is 85.8 Å². The van der Waals surface area contributed by atoms with Crippen molar-refractivity contribution in [3.8, 4) is 17.0 Å². The number of rotatable bonds is 8. The highest BCUT2D eigenvalue weighted by Crippen LogP contribution is 2.34. The van der Waals surface area contributed by atoms with Crippen LogP contribution in [0.2, 0.25) is 0 Å². The summed E-state index contributed by atoms with van der Waals surface area (Å²) >= 11 is 0. The molecule has 0 spiro atoms. The van der Waals surface area contributed by atoms with Crippen molar-refractivity contribution in [1.29, 1.82) is 0 Å². The van der Waals surface area contributed by atoms with Gasteiger partial charge in [-0.2, -0.15) is 13.2 Å². The molecule has 11 heteroatoms. The van der Waals surface area contributed by atoms with Crippen molar-refractivity contribution in [3.05, 3.63) is 65.6 Å². The highest BCUT2D eigenvalue weighted by atomic mass is 19.4. The number of ether oxygens (including phenoxy) is 3. The van der Waals surface area contributed by atoms with Crippen LogP contribution in [-0.2, 0) is 15.7 Å².